The van der Waals surface area contributed by atoms with Crippen molar-refractivity contribution < 1.29 is 19.1 Å². The molecule has 0 aromatic heterocycles. The van der Waals surface area contributed by atoms with E-state index in [1.807, 2.05) is 63.1 Å². The van der Waals surface area contributed by atoms with Gasteiger partial charge in [0, 0.05) is 43.2 Å². The van der Waals surface area contributed by atoms with Crippen LogP contribution in [-0.4, -0.2) is 48.6 Å². The number of piperidine rings is 1. The number of rotatable bonds is 5. The summed E-state index contributed by atoms with van der Waals surface area (Å²) in [5, 5.41) is 3.75. The van der Waals surface area contributed by atoms with Gasteiger partial charge in [-0.3, -0.25) is 9.69 Å². The van der Waals surface area contributed by atoms with E-state index < -0.39 is 5.60 Å². The van der Waals surface area contributed by atoms with Crippen LogP contribution in [0.15, 0.2) is 42.5 Å². The van der Waals surface area contributed by atoms with E-state index in [2.05, 4.69) is 17.4 Å². The van der Waals surface area contributed by atoms with Gasteiger partial charge in [0.1, 0.15) is 11.4 Å². The molecule has 1 fully saturated rings. The van der Waals surface area contributed by atoms with E-state index in [9.17, 15) is 9.59 Å². The first kappa shape index (κ1) is 25.4. The van der Waals surface area contributed by atoms with E-state index in [0.717, 1.165) is 41.0 Å². The smallest absolute Gasteiger partial charge is 0.410 e. The summed E-state index contributed by atoms with van der Waals surface area (Å²) < 4.78 is 11.5. The second-order valence-corrected chi connectivity index (χ2v) is 11.0. The van der Waals surface area contributed by atoms with Crippen molar-refractivity contribution >= 4 is 28.8 Å². The standard InChI is InChI=1S/C27H35N3O4S/c1-27(2,3)34-25(31)30-13-9-12-21(24(30)18-10-7-6-8-11-18)28-16-19-14-22-20(15-23(19)33-5)17-35-26(32)29(22)4/h6-8,10-11,14-15,21,24,28H,9,12-13,16-17H2,1-5H3. The van der Waals surface area contributed by atoms with Gasteiger partial charge in [0.25, 0.3) is 5.24 Å². The summed E-state index contributed by atoms with van der Waals surface area (Å²) in [7, 11) is 3.48. The minimum Gasteiger partial charge on any atom is -0.496 e. The molecular formula is C27H35N3O4S. The third-order valence-corrected chi connectivity index (χ3v) is 7.40. The summed E-state index contributed by atoms with van der Waals surface area (Å²) in [6, 6.07) is 14.1. The summed E-state index contributed by atoms with van der Waals surface area (Å²) in [5.74, 6) is 1.45. The quantitative estimate of drug-likeness (QED) is 0.569. The number of ether oxygens (including phenoxy) is 2. The van der Waals surface area contributed by atoms with Crippen LogP contribution in [0, 0.1) is 0 Å². The van der Waals surface area contributed by atoms with Gasteiger partial charge >= 0.3 is 6.09 Å². The molecule has 2 atom stereocenters. The molecule has 0 aliphatic carbocycles. The van der Waals surface area contributed by atoms with Crippen molar-refractivity contribution in [3.05, 3.63) is 59.2 Å². The zero-order valence-corrected chi connectivity index (χ0v) is 22.0. The number of anilines is 1. The molecular weight excluding hydrogens is 462 g/mol. The van der Waals surface area contributed by atoms with Crippen molar-refractivity contribution in [2.45, 2.75) is 63.6 Å². The van der Waals surface area contributed by atoms with Crippen molar-refractivity contribution in [2.24, 2.45) is 0 Å². The van der Waals surface area contributed by atoms with Crippen LogP contribution in [0.3, 0.4) is 0 Å². The van der Waals surface area contributed by atoms with Crippen LogP contribution in [0.4, 0.5) is 15.3 Å². The van der Waals surface area contributed by atoms with Gasteiger partial charge in [-0.1, -0.05) is 42.1 Å². The maximum absolute atomic E-state index is 13.2. The number of thioether (sulfide) groups is 1. The number of hydrogen-bond acceptors (Lipinski definition) is 6. The molecule has 188 valence electrons. The average Bonchev–Trinajstić information content (AvgIpc) is 2.84. The number of amides is 2. The zero-order valence-electron chi connectivity index (χ0n) is 21.2. The Balaban J connectivity index is 1.60. The molecule has 0 radical (unpaired) electrons. The van der Waals surface area contributed by atoms with Gasteiger partial charge in [-0.2, -0.15) is 0 Å². The molecule has 2 heterocycles. The number of nitrogens with one attached hydrogen (secondary N) is 1. The Morgan fingerprint density at radius 1 is 1.20 bits per heavy atom. The number of nitrogens with zero attached hydrogens (tertiary/aromatic N) is 2. The summed E-state index contributed by atoms with van der Waals surface area (Å²) in [6.45, 7) is 6.89. The molecule has 1 N–H and O–H groups in total. The fourth-order valence-corrected chi connectivity index (χ4v) is 5.58. The van der Waals surface area contributed by atoms with E-state index in [4.69, 9.17) is 9.47 Å². The van der Waals surface area contributed by atoms with Crippen molar-refractivity contribution in [1.29, 1.82) is 0 Å². The highest BCUT2D eigenvalue weighted by atomic mass is 32.2. The molecule has 8 heteroatoms. The molecule has 2 aromatic rings. The van der Waals surface area contributed by atoms with E-state index in [0.29, 0.717) is 18.8 Å². The summed E-state index contributed by atoms with van der Waals surface area (Å²) in [5.41, 5.74) is 3.52. The van der Waals surface area contributed by atoms with E-state index in [1.54, 1.807) is 12.0 Å². The molecule has 1 saturated heterocycles. The lowest BCUT2D eigenvalue weighted by Gasteiger charge is -2.42. The number of methoxy groups -OCH3 is 1. The molecule has 0 bridgehead atoms. The molecule has 2 aliphatic rings. The maximum atomic E-state index is 13.2. The van der Waals surface area contributed by atoms with Gasteiger partial charge in [0.15, 0.2) is 0 Å². The van der Waals surface area contributed by atoms with Crippen LogP contribution in [-0.2, 0) is 17.0 Å². The number of carbonyl (C=O) groups is 2. The minimum absolute atomic E-state index is 0.0364. The third kappa shape index (κ3) is 5.76. The number of benzene rings is 2. The van der Waals surface area contributed by atoms with Gasteiger partial charge in [-0.25, -0.2) is 4.79 Å². The Morgan fingerprint density at radius 2 is 1.94 bits per heavy atom. The first-order valence-electron chi connectivity index (χ1n) is 12.1. The van der Waals surface area contributed by atoms with E-state index >= 15 is 0 Å². The molecule has 2 aromatic carbocycles. The Labute approximate surface area is 212 Å². The first-order valence-corrected chi connectivity index (χ1v) is 13.0. The van der Waals surface area contributed by atoms with Crippen LogP contribution in [0.2, 0.25) is 0 Å². The van der Waals surface area contributed by atoms with Gasteiger partial charge < -0.3 is 19.7 Å². The predicted octanol–water partition coefficient (Wildman–Crippen LogP) is 5.73. The fraction of sp³-hybridized carbons (Fsp3) is 0.481. The minimum atomic E-state index is -0.559. The van der Waals surface area contributed by atoms with Gasteiger partial charge in [-0.05, 0) is 56.9 Å². The van der Waals surface area contributed by atoms with Crippen molar-refractivity contribution in [2.75, 3.05) is 25.6 Å². The van der Waals surface area contributed by atoms with Crippen molar-refractivity contribution in [3.63, 3.8) is 0 Å². The summed E-state index contributed by atoms with van der Waals surface area (Å²) in [6.07, 6.45) is 1.53. The number of fused-ring (bicyclic) bond motifs is 1. The molecule has 35 heavy (non-hydrogen) atoms. The number of carbonyl (C=O) groups excluding carboxylic acids is 2. The molecule has 2 amide bonds. The molecule has 2 unspecified atom stereocenters. The SMILES string of the molecule is COc1cc2c(cc1CNC1CCCN(C(=O)OC(C)(C)C)C1c1ccccc1)N(C)C(=O)SC2. The normalized spacial score (nSPS) is 20.4. The Kier molecular flexibility index (Phi) is 7.62. The Morgan fingerprint density at radius 3 is 2.63 bits per heavy atom. The molecule has 7 nitrogen and oxygen atoms in total. The largest absolute Gasteiger partial charge is 0.496 e. The lowest BCUT2D eigenvalue weighted by atomic mass is 9.90. The highest BCUT2D eigenvalue weighted by Crippen LogP contribution is 2.38. The molecule has 0 saturated carbocycles. The molecule has 0 spiro atoms. The van der Waals surface area contributed by atoms with E-state index in [-0.39, 0.29) is 23.4 Å². The van der Waals surface area contributed by atoms with Crippen LogP contribution in [0.1, 0.15) is 56.3 Å². The van der Waals surface area contributed by atoms with E-state index in [1.165, 1.54) is 11.8 Å². The molecule has 4 rings (SSSR count). The zero-order chi connectivity index (χ0) is 25.2. The first-order chi connectivity index (χ1) is 16.7. The Bertz CT molecular complexity index is 1070. The average molecular weight is 498 g/mol. The Hall–Kier alpha value is -2.71. The van der Waals surface area contributed by atoms with Crippen LogP contribution >= 0.6 is 11.8 Å². The second-order valence-electron chi connectivity index (χ2n) is 10.1. The van der Waals surface area contributed by atoms with Crippen LogP contribution < -0.4 is 15.0 Å². The van der Waals surface area contributed by atoms with Gasteiger partial charge in [-0.15, -0.1) is 0 Å². The number of likely N-dealkylation sites (tertiary alicyclic amines) is 1. The van der Waals surface area contributed by atoms with Gasteiger partial charge in [0.05, 0.1) is 13.2 Å². The highest BCUT2D eigenvalue weighted by Gasteiger charge is 2.37. The maximum Gasteiger partial charge on any atom is 0.410 e. The third-order valence-electron chi connectivity index (χ3n) is 6.42. The van der Waals surface area contributed by atoms with Crippen LogP contribution in [0.5, 0.6) is 5.75 Å². The topological polar surface area (TPSA) is 71.1 Å². The number of hydrogen-bond donors (Lipinski definition) is 1. The van der Waals surface area contributed by atoms with Gasteiger partial charge in [0.2, 0.25) is 0 Å². The van der Waals surface area contributed by atoms with Crippen molar-refractivity contribution in [1.82, 2.24) is 10.2 Å². The van der Waals surface area contributed by atoms with Crippen molar-refractivity contribution in [3.8, 4) is 5.75 Å². The van der Waals surface area contributed by atoms with Crippen LogP contribution in [0.25, 0.3) is 0 Å². The monoisotopic (exact) mass is 497 g/mol. The fourth-order valence-electron chi connectivity index (χ4n) is 4.78. The highest BCUT2D eigenvalue weighted by molar-refractivity contribution is 8.13. The summed E-state index contributed by atoms with van der Waals surface area (Å²) >= 11 is 1.30. The predicted molar refractivity (Wildman–Crippen MR) is 140 cm³/mol. The second kappa shape index (κ2) is 10.5. The summed E-state index contributed by atoms with van der Waals surface area (Å²) in [4.78, 5) is 28.9. The lowest BCUT2D eigenvalue weighted by Crippen LogP contribution is -2.51. The molecule has 2 aliphatic heterocycles. The lowest BCUT2D eigenvalue weighted by molar-refractivity contribution is 0.00380.